The van der Waals surface area contributed by atoms with Crippen LogP contribution in [0, 0.1) is 5.82 Å². The van der Waals surface area contributed by atoms with Crippen LogP contribution in [0.1, 0.15) is 18.1 Å². The Morgan fingerprint density at radius 3 is 2.48 bits per heavy atom. The van der Waals surface area contributed by atoms with Gasteiger partial charge in [0.05, 0.1) is 22.1 Å². The first-order chi connectivity index (χ1) is 9.97. The number of rotatable bonds is 2. The largest absolute Gasteiger partial charge is 0.292 e. The lowest BCUT2D eigenvalue weighted by atomic mass is 10.2. The zero-order valence-electron chi connectivity index (χ0n) is 10.9. The fourth-order valence-corrected chi connectivity index (χ4v) is 2.73. The smallest absolute Gasteiger partial charge is 0.147 e. The van der Waals surface area contributed by atoms with Crippen molar-refractivity contribution in [3.63, 3.8) is 0 Å². The molecule has 0 saturated heterocycles. The van der Waals surface area contributed by atoms with Crippen LogP contribution in [-0.4, -0.2) is 9.55 Å². The van der Waals surface area contributed by atoms with Gasteiger partial charge >= 0.3 is 0 Å². The normalized spacial score (nSPS) is 12.8. The van der Waals surface area contributed by atoms with Crippen LogP contribution in [0.3, 0.4) is 0 Å². The zero-order valence-corrected chi connectivity index (χ0v) is 13.2. The third-order valence-electron chi connectivity index (χ3n) is 3.15. The summed E-state index contributed by atoms with van der Waals surface area (Å²) in [6, 6.07) is 9.61. The molecule has 0 aliphatic heterocycles. The van der Waals surface area contributed by atoms with Crippen LogP contribution in [0.2, 0.25) is 10.0 Å². The summed E-state index contributed by atoms with van der Waals surface area (Å²) in [6.45, 7) is 1.78. The summed E-state index contributed by atoms with van der Waals surface area (Å²) in [5.41, 5.74) is 1.70. The molecule has 0 fully saturated rings. The quantitative estimate of drug-likeness (QED) is 0.540. The van der Waals surface area contributed by atoms with Gasteiger partial charge in [-0.05, 0) is 43.3 Å². The average Bonchev–Trinajstić information content (AvgIpc) is 2.80. The van der Waals surface area contributed by atoms with Crippen molar-refractivity contribution >= 4 is 45.8 Å². The molecule has 3 aromatic rings. The van der Waals surface area contributed by atoms with E-state index in [0.717, 1.165) is 5.52 Å². The van der Waals surface area contributed by atoms with E-state index in [1.54, 1.807) is 35.8 Å². The minimum atomic E-state index is -0.396. The molecule has 0 amide bonds. The monoisotopic (exact) mass is 342 g/mol. The molecule has 0 aliphatic carbocycles. The maximum Gasteiger partial charge on any atom is 0.147 e. The zero-order chi connectivity index (χ0) is 15.1. The van der Waals surface area contributed by atoms with Crippen LogP contribution in [0.5, 0.6) is 0 Å². The summed E-state index contributed by atoms with van der Waals surface area (Å²) in [6.07, 6.45) is 0. The second kappa shape index (κ2) is 5.48. The predicted octanol–water partition coefficient (Wildman–Crippen LogP) is 5.77. The number of aromatic nitrogens is 2. The topological polar surface area (TPSA) is 17.8 Å². The van der Waals surface area contributed by atoms with Gasteiger partial charge in [0.25, 0.3) is 0 Å². The molecule has 0 saturated carbocycles. The Morgan fingerprint density at radius 2 is 1.76 bits per heavy atom. The van der Waals surface area contributed by atoms with Gasteiger partial charge in [0.15, 0.2) is 0 Å². The molecule has 1 atom stereocenters. The number of nitrogens with zero attached hydrogens (tertiary/aromatic N) is 2. The molecule has 1 unspecified atom stereocenters. The molecule has 1 aromatic heterocycles. The maximum atomic E-state index is 14.2. The number of fused-ring (bicyclic) bond motifs is 1. The Bertz CT molecular complexity index is 827. The van der Waals surface area contributed by atoms with Crippen molar-refractivity contribution in [1.29, 1.82) is 0 Å². The molecule has 1 heterocycles. The fourth-order valence-electron chi connectivity index (χ4n) is 2.25. The first kappa shape index (κ1) is 14.6. The molecular formula is C15H10Cl3FN2. The van der Waals surface area contributed by atoms with E-state index < -0.39 is 11.2 Å². The highest BCUT2D eigenvalue weighted by atomic mass is 35.5. The number of halogens is 4. The van der Waals surface area contributed by atoms with E-state index in [1.807, 2.05) is 0 Å². The number of hydrogen-bond donors (Lipinski definition) is 0. The highest BCUT2D eigenvalue weighted by Gasteiger charge is 2.19. The van der Waals surface area contributed by atoms with Gasteiger partial charge in [0, 0.05) is 10.0 Å². The molecule has 6 heteroatoms. The van der Waals surface area contributed by atoms with Crippen molar-refractivity contribution in [2.75, 3.05) is 0 Å². The van der Waals surface area contributed by atoms with Crippen LogP contribution in [-0.2, 0) is 0 Å². The van der Waals surface area contributed by atoms with E-state index in [9.17, 15) is 4.39 Å². The molecule has 21 heavy (non-hydrogen) atoms. The van der Waals surface area contributed by atoms with Gasteiger partial charge in [-0.3, -0.25) is 4.57 Å². The van der Waals surface area contributed by atoms with Gasteiger partial charge in [0.2, 0.25) is 0 Å². The maximum absolute atomic E-state index is 14.2. The van der Waals surface area contributed by atoms with Crippen LogP contribution in [0.4, 0.5) is 4.39 Å². The molecule has 0 spiro atoms. The standard InChI is InChI=1S/C15H10Cl3FN2/c1-8(16)15-20-12-6-9(17)3-5-13(12)21(15)14-7-10(18)2-4-11(14)19/h2-8H,1H3. The van der Waals surface area contributed by atoms with E-state index >= 15 is 0 Å². The highest BCUT2D eigenvalue weighted by Crippen LogP contribution is 2.31. The van der Waals surface area contributed by atoms with Crippen molar-refractivity contribution in [1.82, 2.24) is 9.55 Å². The lowest BCUT2D eigenvalue weighted by Crippen LogP contribution is -2.04. The van der Waals surface area contributed by atoms with Gasteiger partial charge < -0.3 is 0 Å². The molecule has 0 bridgehead atoms. The number of hydrogen-bond acceptors (Lipinski definition) is 1. The van der Waals surface area contributed by atoms with E-state index in [2.05, 4.69) is 4.98 Å². The van der Waals surface area contributed by atoms with Gasteiger partial charge in [0.1, 0.15) is 11.6 Å². The highest BCUT2D eigenvalue weighted by molar-refractivity contribution is 6.31. The number of benzene rings is 2. The number of alkyl halides is 1. The predicted molar refractivity (Wildman–Crippen MR) is 85.3 cm³/mol. The molecule has 108 valence electrons. The fraction of sp³-hybridized carbons (Fsp3) is 0.133. The lowest BCUT2D eigenvalue weighted by molar-refractivity contribution is 0.616. The SMILES string of the molecule is CC(Cl)c1nc2cc(Cl)ccc2n1-c1cc(Cl)ccc1F. The van der Waals surface area contributed by atoms with Crippen molar-refractivity contribution in [2.24, 2.45) is 0 Å². The molecule has 0 radical (unpaired) electrons. The summed E-state index contributed by atoms with van der Waals surface area (Å²) >= 11 is 18.2. The second-order valence-electron chi connectivity index (χ2n) is 4.65. The van der Waals surface area contributed by atoms with Crippen molar-refractivity contribution in [3.8, 4) is 5.69 Å². The Morgan fingerprint density at radius 1 is 1.10 bits per heavy atom. The summed E-state index contributed by atoms with van der Waals surface area (Å²) in [4.78, 5) is 4.46. The number of imidazole rings is 1. The molecular weight excluding hydrogens is 334 g/mol. The summed E-state index contributed by atoms with van der Waals surface area (Å²) in [7, 11) is 0. The van der Waals surface area contributed by atoms with Crippen LogP contribution >= 0.6 is 34.8 Å². The Balaban J connectivity index is 2.39. The van der Waals surface area contributed by atoms with Crippen LogP contribution < -0.4 is 0 Å². The Hall–Kier alpha value is -1.29. The first-order valence-corrected chi connectivity index (χ1v) is 7.44. The van der Waals surface area contributed by atoms with Crippen LogP contribution in [0.15, 0.2) is 36.4 Å². The Kier molecular flexibility index (Phi) is 3.82. The van der Waals surface area contributed by atoms with E-state index in [0.29, 0.717) is 27.1 Å². The minimum Gasteiger partial charge on any atom is -0.292 e. The third kappa shape index (κ3) is 2.61. The van der Waals surface area contributed by atoms with Crippen molar-refractivity contribution in [3.05, 3.63) is 58.1 Å². The molecule has 2 nitrogen and oxygen atoms in total. The lowest BCUT2D eigenvalue weighted by Gasteiger charge is -2.12. The van der Waals surface area contributed by atoms with Crippen molar-refractivity contribution in [2.45, 2.75) is 12.3 Å². The average molecular weight is 344 g/mol. The molecule has 3 rings (SSSR count). The molecule has 0 N–H and O–H groups in total. The minimum absolute atomic E-state index is 0.315. The third-order valence-corrected chi connectivity index (χ3v) is 3.81. The van der Waals surface area contributed by atoms with Gasteiger partial charge in [-0.2, -0.15) is 0 Å². The van der Waals surface area contributed by atoms with Crippen LogP contribution in [0.25, 0.3) is 16.7 Å². The summed E-state index contributed by atoms with van der Waals surface area (Å²) in [5.74, 6) is 0.141. The van der Waals surface area contributed by atoms with Gasteiger partial charge in [-0.1, -0.05) is 23.2 Å². The second-order valence-corrected chi connectivity index (χ2v) is 6.18. The summed E-state index contributed by atoms with van der Waals surface area (Å²) in [5, 5.41) is 0.609. The van der Waals surface area contributed by atoms with Gasteiger partial charge in [-0.25, -0.2) is 9.37 Å². The van der Waals surface area contributed by atoms with E-state index in [-0.39, 0.29) is 0 Å². The van der Waals surface area contributed by atoms with Gasteiger partial charge in [-0.15, -0.1) is 11.6 Å². The summed E-state index contributed by atoms with van der Waals surface area (Å²) < 4.78 is 15.9. The van der Waals surface area contributed by atoms with E-state index in [1.165, 1.54) is 12.1 Å². The van der Waals surface area contributed by atoms with Crippen molar-refractivity contribution < 1.29 is 4.39 Å². The first-order valence-electron chi connectivity index (χ1n) is 6.25. The Labute approximate surface area is 136 Å². The molecule has 0 aliphatic rings. The van der Waals surface area contributed by atoms with E-state index in [4.69, 9.17) is 34.8 Å². The molecule has 2 aromatic carbocycles.